The average Bonchev–Trinajstić information content (AvgIpc) is 3.01. The molecule has 0 unspecified atom stereocenters. The molecule has 3 rings (SSSR count). The first-order valence-corrected chi connectivity index (χ1v) is 12.6. The second-order valence-corrected chi connectivity index (χ2v) is 11.2. The van der Waals surface area contributed by atoms with Crippen molar-refractivity contribution in [1.29, 1.82) is 0 Å². The van der Waals surface area contributed by atoms with E-state index in [4.69, 9.17) is 4.74 Å². The van der Waals surface area contributed by atoms with Crippen LogP contribution in [0.25, 0.3) is 0 Å². The van der Waals surface area contributed by atoms with Crippen LogP contribution in [0.2, 0.25) is 0 Å². The number of hydrogen-bond acceptors (Lipinski definition) is 3. The van der Waals surface area contributed by atoms with E-state index in [-0.39, 0.29) is 0 Å². The summed E-state index contributed by atoms with van der Waals surface area (Å²) in [5.74, 6) is 0. The van der Waals surface area contributed by atoms with Crippen molar-refractivity contribution in [2.75, 3.05) is 32.8 Å². The molecule has 1 aliphatic heterocycles. The summed E-state index contributed by atoms with van der Waals surface area (Å²) >= 11 is 2.05. The largest absolute Gasteiger partial charge is 0.379 e. The van der Waals surface area contributed by atoms with E-state index in [1.807, 2.05) is 11.3 Å². The summed E-state index contributed by atoms with van der Waals surface area (Å²) < 4.78 is 5.49. The highest BCUT2D eigenvalue weighted by Crippen LogP contribution is 2.34. The lowest BCUT2D eigenvalue weighted by molar-refractivity contribution is 0.0323. The molecule has 166 valence electrons. The molecule has 1 aromatic heterocycles. The molecule has 0 N–H and O–H groups in total. The van der Waals surface area contributed by atoms with Crippen molar-refractivity contribution >= 4 is 11.3 Å². The fraction of sp³-hybridized carbons (Fsp3) is 0.630. The third-order valence-electron chi connectivity index (χ3n) is 6.84. The summed E-state index contributed by atoms with van der Waals surface area (Å²) in [4.78, 5) is 5.73. The van der Waals surface area contributed by atoms with E-state index >= 15 is 0 Å². The predicted octanol–water partition coefficient (Wildman–Crippen LogP) is 6.53. The number of thiophene rings is 1. The van der Waals surface area contributed by atoms with Gasteiger partial charge >= 0.3 is 0 Å². The first-order valence-electron chi connectivity index (χ1n) is 11.8. The van der Waals surface area contributed by atoms with Gasteiger partial charge in [0.1, 0.15) is 0 Å². The van der Waals surface area contributed by atoms with Crippen molar-refractivity contribution in [1.82, 2.24) is 4.90 Å². The lowest BCUT2D eigenvalue weighted by atomic mass is 9.83. The van der Waals surface area contributed by atoms with Crippen LogP contribution in [0, 0.1) is 26.2 Å². The van der Waals surface area contributed by atoms with E-state index in [0.717, 1.165) is 26.3 Å². The molecule has 1 aliphatic rings. The molecule has 0 amide bonds. The van der Waals surface area contributed by atoms with E-state index in [1.54, 1.807) is 16.0 Å². The predicted molar refractivity (Wildman–Crippen MR) is 131 cm³/mol. The van der Waals surface area contributed by atoms with Gasteiger partial charge < -0.3 is 4.74 Å². The average molecular weight is 428 g/mol. The number of nitrogens with zero attached hydrogens (tertiary/aromatic N) is 1. The van der Waals surface area contributed by atoms with Gasteiger partial charge in [0.25, 0.3) is 0 Å². The Balaban J connectivity index is 1.52. The van der Waals surface area contributed by atoms with E-state index in [1.165, 1.54) is 61.1 Å². The normalized spacial score (nSPS) is 15.6. The monoisotopic (exact) mass is 427 g/mol. The van der Waals surface area contributed by atoms with E-state index in [0.29, 0.717) is 5.41 Å². The van der Waals surface area contributed by atoms with Crippen LogP contribution >= 0.6 is 11.3 Å². The summed E-state index contributed by atoms with van der Waals surface area (Å²) in [5, 5.41) is 0. The number of ether oxygens (including phenoxy) is 1. The molecule has 2 aromatic rings. The molecule has 0 atom stereocenters. The standard InChI is InChI=1S/C27H41NOS/c1-21-9-11-24(12-10-21)7-6-8-25-22(2)23(3)30-26(25)13-14-27(4,5)15-16-28-17-19-29-20-18-28/h9-12H,6-8,13-20H2,1-5H3. The van der Waals surface area contributed by atoms with Gasteiger partial charge in [0.2, 0.25) is 0 Å². The van der Waals surface area contributed by atoms with Gasteiger partial charge in [-0.25, -0.2) is 0 Å². The van der Waals surface area contributed by atoms with E-state index in [2.05, 4.69) is 63.8 Å². The van der Waals surface area contributed by atoms with Gasteiger partial charge in [-0.3, -0.25) is 4.90 Å². The minimum absolute atomic E-state index is 0.392. The van der Waals surface area contributed by atoms with Gasteiger partial charge in [0, 0.05) is 22.8 Å². The Morgan fingerprint density at radius 3 is 2.33 bits per heavy atom. The van der Waals surface area contributed by atoms with Crippen molar-refractivity contribution in [3.63, 3.8) is 0 Å². The summed E-state index contributed by atoms with van der Waals surface area (Å²) in [5.41, 5.74) is 6.40. The van der Waals surface area contributed by atoms with Crippen LogP contribution in [0.1, 0.15) is 65.1 Å². The lowest BCUT2D eigenvalue weighted by Crippen LogP contribution is -2.38. The third-order valence-corrected chi connectivity index (χ3v) is 8.15. The number of benzene rings is 1. The summed E-state index contributed by atoms with van der Waals surface area (Å²) in [7, 11) is 0. The van der Waals surface area contributed by atoms with Gasteiger partial charge in [-0.05, 0) is 87.9 Å². The topological polar surface area (TPSA) is 12.5 Å². The molecule has 3 heteroatoms. The second kappa shape index (κ2) is 10.9. The van der Waals surface area contributed by atoms with Crippen LogP contribution in [0.3, 0.4) is 0 Å². The van der Waals surface area contributed by atoms with E-state index in [9.17, 15) is 0 Å². The maximum Gasteiger partial charge on any atom is 0.0594 e. The first-order chi connectivity index (χ1) is 14.3. The second-order valence-electron chi connectivity index (χ2n) is 9.89. The van der Waals surface area contributed by atoms with Crippen LogP contribution in [0.5, 0.6) is 0 Å². The van der Waals surface area contributed by atoms with Crippen LogP contribution in [-0.2, 0) is 24.0 Å². The van der Waals surface area contributed by atoms with Gasteiger partial charge in [-0.1, -0.05) is 43.7 Å². The number of hydrogen-bond donors (Lipinski definition) is 0. The fourth-order valence-corrected chi connectivity index (χ4v) is 5.59. The van der Waals surface area contributed by atoms with Crippen molar-refractivity contribution in [2.45, 2.75) is 73.1 Å². The molecule has 1 fully saturated rings. The summed E-state index contributed by atoms with van der Waals surface area (Å²) in [6, 6.07) is 9.05. The Kier molecular flexibility index (Phi) is 8.56. The zero-order valence-electron chi connectivity index (χ0n) is 19.9. The number of aryl methyl sites for hydroxylation is 4. The molecule has 2 heterocycles. The number of morpholine rings is 1. The molecule has 0 saturated carbocycles. The Labute approximate surface area is 188 Å². The molecule has 0 radical (unpaired) electrons. The highest BCUT2D eigenvalue weighted by Gasteiger charge is 2.22. The van der Waals surface area contributed by atoms with Gasteiger partial charge in [-0.2, -0.15) is 0 Å². The van der Waals surface area contributed by atoms with E-state index < -0.39 is 0 Å². The lowest BCUT2D eigenvalue weighted by Gasteiger charge is -2.31. The summed E-state index contributed by atoms with van der Waals surface area (Å²) in [6.45, 7) is 16.9. The van der Waals surface area contributed by atoms with Crippen LogP contribution < -0.4 is 0 Å². The van der Waals surface area contributed by atoms with Crippen LogP contribution in [0.15, 0.2) is 24.3 Å². The van der Waals surface area contributed by atoms with Gasteiger partial charge in [0.15, 0.2) is 0 Å². The smallest absolute Gasteiger partial charge is 0.0594 e. The van der Waals surface area contributed by atoms with Crippen LogP contribution in [-0.4, -0.2) is 37.7 Å². The van der Waals surface area contributed by atoms with Gasteiger partial charge in [0.05, 0.1) is 13.2 Å². The Morgan fingerprint density at radius 1 is 0.933 bits per heavy atom. The van der Waals surface area contributed by atoms with Crippen molar-refractivity contribution in [2.24, 2.45) is 5.41 Å². The first kappa shape index (κ1) is 23.5. The SMILES string of the molecule is Cc1ccc(CCCc2c(CCC(C)(C)CCN3CCOCC3)sc(C)c2C)cc1. The van der Waals surface area contributed by atoms with Crippen molar-refractivity contribution in [3.8, 4) is 0 Å². The third kappa shape index (κ3) is 6.93. The minimum Gasteiger partial charge on any atom is -0.379 e. The minimum atomic E-state index is 0.392. The Hall–Kier alpha value is -1.16. The fourth-order valence-electron chi connectivity index (χ4n) is 4.36. The molecule has 0 bridgehead atoms. The molecule has 0 spiro atoms. The molecule has 1 aromatic carbocycles. The zero-order valence-corrected chi connectivity index (χ0v) is 20.7. The Morgan fingerprint density at radius 2 is 1.63 bits per heavy atom. The summed E-state index contributed by atoms with van der Waals surface area (Å²) in [6.07, 6.45) is 7.43. The quantitative estimate of drug-likeness (QED) is 0.427. The number of rotatable bonds is 10. The molecule has 0 aliphatic carbocycles. The van der Waals surface area contributed by atoms with Crippen molar-refractivity contribution in [3.05, 3.63) is 56.3 Å². The zero-order chi connectivity index (χ0) is 21.6. The molecule has 30 heavy (non-hydrogen) atoms. The molecular formula is C27H41NOS. The molecule has 1 saturated heterocycles. The Bertz CT molecular complexity index is 784. The highest BCUT2D eigenvalue weighted by molar-refractivity contribution is 7.12. The maximum atomic E-state index is 5.49. The maximum absolute atomic E-state index is 5.49. The van der Waals surface area contributed by atoms with Crippen molar-refractivity contribution < 1.29 is 4.74 Å². The van der Waals surface area contributed by atoms with Crippen LogP contribution in [0.4, 0.5) is 0 Å². The molecular weight excluding hydrogens is 386 g/mol. The molecule has 2 nitrogen and oxygen atoms in total. The highest BCUT2D eigenvalue weighted by atomic mass is 32.1. The van der Waals surface area contributed by atoms with Gasteiger partial charge in [-0.15, -0.1) is 11.3 Å².